The topological polar surface area (TPSA) is 55.1 Å². The van der Waals surface area contributed by atoms with Crippen LogP contribution in [-0.4, -0.2) is 24.2 Å². The maximum atomic E-state index is 11.8. The Morgan fingerprint density at radius 2 is 2.31 bits per heavy atom. The zero-order valence-electron chi connectivity index (χ0n) is 9.11. The van der Waals surface area contributed by atoms with E-state index in [1.807, 2.05) is 12.1 Å². The first-order valence-corrected chi connectivity index (χ1v) is 6.41. The van der Waals surface area contributed by atoms with Crippen molar-refractivity contribution < 1.29 is 4.79 Å². The van der Waals surface area contributed by atoms with Crippen LogP contribution in [0.3, 0.4) is 0 Å². The van der Waals surface area contributed by atoms with Crippen LogP contribution in [0.1, 0.15) is 12.0 Å². The smallest absolute Gasteiger partial charge is 0.233 e. The maximum Gasteiger partial charge on any atom is 0.233 e. The zero-order valence-corrected chi connectivity index (χ0v) is 9.93. The number of nitrogens with two attached hydrogens (primary N) is 1. The summed E-state index contributed by atoms with van der Waals surface area (Å²) in [5, 5.41) is 2.96. The zero-order chi connectivity index (χ0) is 11.4. The van der Waals surface area contributed by atoms with Gasteiger partial charge >= 0.3 is 0 Å². The molecule has 0 saturated heterocycles. The fraction of sp³-hybridized carbons (Fsp3) is 0.417. The number of amides is 1. The van der Waals surface area contributed by atoms with Crippen molar-refractivity contribution >= 4 is 17.7 Å². The number of thioether (sulfide) groups is 1. The van der Waals surface area contributed by atoms with Gasteiger partial charge in [0, 0.05) is 11.4 Å². The Morgan fingerprint density at radius 1 is 1.50 bits per heavy atom. The highest BCUT2D eigenvalue weighted by Gasteiger charge is 2.27. The number of hydrogen-bond donors (Lipinski definition) is 2. The van der Waals surface area contributed by atoms with Gasteiger partial charge in [-0.1, -0.05) is 18.2 Å². The summed E-state index contributed by atoms with van der Waals surface area (Å²) < 4.78 is 0. The molecule has 0 radical (unpaired) electrons. The summed E-state index contributed by atoms with van der Waals surface area (Å²) in [4.78, 5) is 13.1. The second-order valence-electron chi connectivity index (χ2n) is 3.85. The van der Waals surface area contributed by atoms with Gasteiger partial charge in [-0.25, -0.2) is 0 Å². The molecule has 0 aromatic heterocycles. The van der Waals surface area contributed by atoms with Crippen LogP contribution < -0.4 is 11.1 Å². The van der Waals surface area contributed by atoms with E-state index in [0.717, 1.165) is 12.8 Å². The fourth-order valence-electron chi connectivity index (χ4n) is 1.76. The van der Waals surface area contributed by atoms with Crippen molar-refractivity contribution in [2.24, 2.45) is 5.73 Å². The Morgan fingerprint density at radius 3 is 3.06 bits per heavy atom. The first kappa shape index (κ1) is 11.5. The van der Waals surface area contributed by atoms with E-state index in [1.165, 1.54) is 10.5 Å². The molecule has 0 fully saturated rings. The Labute approximate surface area is 99.8 Å². The van der Waals surface area contributed by atoms with Gasteiger partial charge in [0.15, 0.2) is 0 Å². The molecular weight excluding hydrogens is 220 g/mol. The Bertz CT molecular complexity index is 356. The van der Waals surface area contributed by atoms with Gasteiger partial charge in [0.2, 0.25) is 5.91 Å². The summed E-state index contributed by atoms with van der Waals surface area (Å²) in [6.45, 7) is 1.31. The van der Waals surface area contributed by atoms with Gasteiger partial charge in [-0.2, -0.15) is 0 Å². The number of fused-ring (bicyclic) bond motifs is 1. The standard InChI is InChI=1S/C12H16N2OS/c13-6-3-7-14-12(15)11-8-9-4-1-2-5-10(9)16-11/h1-2,4-5,11H,3,6-8,13H2,(H,14,15). The predicted octanol–water partition coefficient (Wildman–Crippen LogP) is 1.17. The van der Waals surface area contributed by atoms with E-state index in [-0.39, 0.29) is 11.2 Å². The molecule has 2 rings (SSSR count). The van der Waals surface area contributed by atoms with E-state index in [4.69, 9.17) is 5.73 Å². The van der Waals surface area contributed by atoms with Crippen LogP contribution in [0.25, 0.3) is 0 Å². The van der Waals surface area contributed by atoms with E-state index >= 15 is 0 Å². The van der Waals surface area contributed by atoms with E-state index < -0.39 is 0 Å². The highest BCUT2D eigenvalue weighted by atomic mass is 32.2. The highest BCUT2D eigenvalue weighted by Crippen LogP contribution is 2.36. The monoisotopic (exact) mass is 236 g/mol. The van der Waals surface area contributed by atoms with Crippen molar-refractivity contribution in [2.75, 3.05) is 13.1 Å². The molecule has 3 nitrogen and oxygen atoms in total. The Balaban J connectivity index is 1.88. The third-order valence-electron chi connectivity index (χ3n) is 2.62. The number of hydrogen-bond acceptors (Lipinski definition) is 3. The first-order chi connectivity index (χ1) is 7.81. The second kappa shape index (κ2) is 5.37. The summed E-state index contributed by atoms with van der Waals surface area (Å²) in [6.07, 6.45) is 1.69. The highest BCUT2D eigenvalue weighted by molar-refractivity contribution is 8.01. The molecule has 1 aromatic rings. The van der Waals surface area contributed by atoms with Crippen molar-refractivity contribution in [2.45, 2.75) is 23.0 Å². The van der Waals surface area contributed by atoms with Crippen LogP contribution in [0.5, 0.6) is 0 Å². The minimum Gasteiger partial charge on any atom is -0.355 e. The molecule has 0 saturated carbocycles. The molecule has 4 heteroatoms. The van der Waals surface area contributed by atoms with Crippen LogP contribution in [0.2, 0.25) is 0 Å². The largest absolute Gasteiger partial charge is 0.355 e. The van der Waals surface area contributed by atoms with Gasteiger partial charge in [-0.15, -0.1) is 11.8 Å². The molecule has 3 N–H and O–H groups in total. The van der Waals surface area contributed by atoms with Crippen molar-refractivity contribution in [1.82, 2.24) is 5.32 Å². The normalized spacial score (nSPS) is 18.2. The van der Waals surface area contributed by atoms with Gasteiger partial charge in [0.25, 0.3) is 0 Å². The molecule has 16 heavy (non-hydrogen) atoms. The number of carbonyl (C=O) groups excluding carboxylic acids is 1. The van der Waals surface area contributed by atoms with Crippen LogP contribution in [-0.2, 0) is 11.2 Å². The van der Waals surface area contributed by atoms with Crippen molar-refractivity contribution in [1.29, 1.82) is 0 Å². The molecule has 86 valence electrons. The second-order valence-corrected chi connectivity index (χ2v) is 5.10. The molecule has 0 bridgehead atoms. The SMILES string of the molecule is NCCCNC(=O)C1Cc2ccccc2S1. The summed E-state index contributed by atoms with van der Waals surface area (Å²) >= 11 is 1.66. The molecular formula is C12H16N2OS. The molecule has 1 heterocycles. The third kappa shape index (κ3) is 2.57. The lowest BCUT2D eigenvalue weighted by Gasteiger charge is -2.08. The van der Waals surface area contributed by atoms with E-state index in [2.05, 4.69) is 17.4 Å². The lowest BCUT2D eigenvalue weighted by molar-refractivity contribution is -0.120. The molecule has 1 aromatic carbocycles. The lowest BCUT2D eigenvalue weighted by Crippen LogP contribution is -2.33. The third-order valence-corrected chi connectivity index (χ3v) is 3.94. The van der Waals surface area contributed by atoms with Crippen LogP contribution >= 0.6 is 11.8 Å². The molecule has 1 aliphatic rings. The predicted molar refractivity (Wildman–Crippen MR) is 66.5 cm³/mol. The Kier molecular flexibility index (Phi) is 3.85. The lowest BCUT2D eigenvalue weighted by atomic mass is 10.1. The van der Waals surface area contributed by atoms with E-state index in [9.17, 15) is 4.79 Å². The molecule has 1 unspecified atom stereocenters. The summed E-state index contributed by atoms with van der Waals surface area (Å²) in [5.41, 5.74) is 6.66. The average Bonchev–Trinajstić information content (AvgIpc) is 2.73. The minimum absolute atomic E-state index is 0.0372. The summed E-state index contributed by atoms with van der Waals surface area (Å²) in [7, 11) is 0. The maximum absolute atomic E-state index is 11.8. The van der Waals surface area contributed by atoms with Crippen LogP contribution in [0.4, 0.5) is 0 Å². The van der Waals surface area contributed by atoms with Crippen molar-refractivity contribution in [3.63, 3.8) is 0 Å². The van der Waals surface area contributed by atoms with Crippen molar-refractivity contribution in [3.8, 4) is 0 Å². The number of nitrogens with one attached hydrogen (secondary N) is 1. The summed E-state index contributed by atoms with van der Waals surface area (Å²) in [6, 6.07) is 8.21. The van der Waals surface area contributed by atoms with Crippen LogP contribution in [0, 0.1) is 0 Å². The van der Waals surface area contributed by atoms with E-state index in [1.54, 1.807) is 11.8 Å². The number of rotatable bonds is 4. The number of carbonyl (C=O) groups is 1. The molecule has 0 spiro atoms. The fourth-order valence-corrected chi connectivity index (χ4v) is 2.98. The average molecular weight is 236 g/mol. The molecule has 1 atom stereocenters. The first-order valence-electron chi connectivity index (χ1n) is 5.53. The number of benzene rings is 1. The van der Waals surface area contributed by atoms with Gasteiger partial charge in [-0.3, -0.25) is 4.79 Å². The minimum atomic E-state index is 0.0372. The van der Waals surface area contributed by atoms with Gasteiger partial charge in [0.05, 0.1) is 5.25 Å². The van der Waals surface area contributed by atoms with Gasteiger partial charge < -0.3 is 11.1 Å². The van der Waals surface area contributed by atoms with Crippen molar-refractivity contribution in [3.05, 3.63) is 29.8 Å². The molecule has 0 aliphatic carbocycles. The quantitative estimate of drug-likeness (QED) is 0.772. The van der Waals surface area contributed by atoms with Crippen LogP contribution in [0.15, 0.2) is 29.2 Å². The van der Waals surface area contributed by atoms with E-state index in [0.29, 0.717) is 13.1 Å². The Hall–Kier alpha value is -1.00. The van der Waals surface area contributed by atoms with Gasteiger partial charge in [-0.05, 0) is 31.0 Å². The summed E-state index contributed by atoms with van der Waals surface area (Å²) in [5.74, 6) is 0.134. The molecule has 1 aliphatic heterocycles. The van der Waals surface area contributed by atoms with Gasteiger partial charge in [0.1, 0.15) is 0 Å². The molecule has 1 amide bonds.